The first kappa shape index (κ1) is 18.8. The van der Waals surface area contributed by atoms with Crippen LogP contribution in [-0.2, 0) is 0 Å². The van der Waals surface area contributed by atoms with Crippen molar-refractivity contribution in [3.05, 3.63) is 58.0 Å². The van der Waals surface area contributed by atoms with E-state index in [9.17, 15) is 4.79 Å². The average Bonchev–Trinajstić information content (AvgIpc) is 3.12. The SMILES string of the molecule is Cc1c(C#N)cnc(C(=O)Nc2ccc3[nH]nc(C=C4CCNCC4)c3c2)c1C. The summed E-state index contributed by atoms with van der Waals surface area (Å²) in [7, 11) is 0. The van der Waals surface area contributed by atoms with Gasteiger partial charge in [-0.25, -0.2) is 4.98 Å². The molecule has 1 fully saturated rings. The lowest BCUT2D eigenvalue weighted by molar-refractivity contribution is 0.102. The maximum atomic E-state index is 12.8. The Balaban J connectivity index is 1.62. The number of carbonyl (C=O) groups is 1. The number of H-pyrrole nitrogens is 1. The van der Waals surface area contributed by atoms with E-state index < -0.39 is 0 Å². The largest absolute Gasteiger partial charge is 0.321 e. The van der Waals surface area contributed by atoms with Crippen LogP contribution in [0.5, 0.6) is 0 Å². The quantitative estimate of drug-likeness (QED) is 0.639. The number of rotatable bonds is 3. The molecule has 7 heteroatoms. The Morgan fingerprint density at radius 1 is 1.24 bits per heavy atom. The van der Waals surface area contributed by atoms with E-state index >= 15 is 0 Å². The van der Waals surface area contributed by atoms with Crippen molar-refractivity contribution in [1.82, 2.24) is 20.5 Å². The smallest absolute Gasteiger partial charge is 0.274 e. The van der Waals surface area contributed by atoms with Gasteiger partial charge in [-0.3, -0.25) is 9.89 Å². The van der Waals surface area contributed by atoms with E-state index in [4.69, 9.17) is 5.26 Å². The number of anilines is 1. The highest BCUT2D eigenvalue weighted by Gasteiger charge is 2.16. The third-order valence-electron chi connectivity index (χ3n) is 5.42. The van der Waals surface area contributed by atoms with Gasteiger partial charge in [-0.05, 0) is 75.2 Å². The molecule has 0 unspecified atom stereocenters. The summed E-state index contributed by atoms with van der Waals surface area (Å²) in [5, 5.41) is 23.9. The van der Waals surface area contributed by atoms with Gasteiger partial charge >= 0.3 is 0 Å². The number of carbonyl (C=O) groups excluding carboxylic acids is 1. The van der Waals surface area contributed by atoms with E-state index in [-0.39, 0.29) is 5.91 Å². The number of pyridine rings is 1. The molecule has 0 aliphatic carbocycles. The summed E-state index contributed by atoms with van der Waals surface area (Å²) in [5.41, 5.74) is 6.15. The molecule has 3 heterocycles. The third kappa shape index (κ3) is 3.75. The van der Waals surface area contributed by atoms with E-state index in [1.807, 2.05) is 25.1 Å². The van der Waals surface area contributed by atoms with Crippen LogP contribution in [0.1, 0.15) is 45.7 Å². The van der Waals surface area contributed by atoms with Crippen molar-refractivity contribution < 1.29 is 4.79 Å². The molecule has 4 rings (SSSR count). The van der Waals surface area contributed by atoms with Crippen molar-refractivity contribution in [2.75, 3.05) is 18.4 Å². The van der Waals surface area contributed by atoms with Gasteiger partial charge in [0.15, 0.2) is 0 Å². The molecule has 0 spiro atoms. The maximum Gasteiger partial charge on any atom is 0.274 e. The van der Waals surface area contributed by atoms with Crippen LogP contribution < -0.4 is 10.6 Å². The molecular formula is C22H22N6O. The summed E-state index contributed by atoms with van der Waals surface area (Å²) in [6, 6.07) is 7.77. The Kier molecular flexibility index (Phi) is 5.10. The number of benzene rings is 1. The zero-order valence-electron chi connectivity index (χ0n) is 16.5. The number of aromatic nitrogens is 3. The monoisotopic (exact) mass is 386 g/mol. The lowest BCUT2D eigenvalue weighted by atomic mass is 10.0. The molecule has 0 saturated carbocycles. The second-order valence-electron chi connectivity index (χ2n) is 7.26. The van der Waals surface area contributed by atoms with E-state index in [0.717, 1.165) is 48.1 Å². The topological polar surface area (TPSA) is 106 Å². The molecule has 3 N–H and O–H groups in total. The molecule has 146 valence electrons. The highest BCUT2D eigenvalue weighted by molar-refractivity contribution is 6.05. The van der Waals surface area contributed by atoms with Crippen LogP contribution in [0, 0.1) is 25.2 Å². The summed E-state index contributed by atoms with van der Waals surface area (Å²) >= 11 is 0. The van der Waals surface area contributed by atoms with Gasteiger partial charge < -0.3 is 10.6 Å². The number of nitriles is 1. The van der Waals surface area contributed by atoms with Gasteiger partial charge in [0.25, 0.3) is 5.91 Å². The van der Waals surface area contributed by atoms with Crippen LogP contribution in [-0.4, -0.2) is 34.2 Å². The van der Waals surface area contributed by atoms with Crippen LogP contribution in [0.2, 0.25) is 0 Å². The van der Waals surface area contributed by atoms with Gasteiger partial charge in [0.05, 0.1) is 16.8 Å². The van der Waals surface area contributed by atoms with E-state index in [1.165, 1.54) is 11.8 Å². The summed E-state index contributed by atoms with van der Waals surface area (Å²) in [4.78, 5) is 16.9. The van der Waals surface area contributed by atoms with Gasteiger partial charge in [-0.15, -0.1) is 0 Å². The Bertz CT molecular complexity index is 1160. The van der Waals surface area contributed by atoms with Crippen molar-refractivity contribution in [3.8, 4) is 6.07 Å². The molecule has 3 aromatic rings. The molecule has 1 saturated heterocycles. The molecule has 0 bridgehead atoms. The summed E-state index contributed by atoms with van der Waals surface area (Å²) < 4.78 is 0. The molecule has 7 nitrogen and oxygen atoms in total. The number of fused-ring (bicyclic) bond motifs is 1. The van der Waals surface area contributed by atoms with Crippen LogP contribution in [0.4, 0.5) is 5.69 Å². The first-order valence-corrected chi connectivity index (χ1v) is 9.63. The summed E-state index contributed by atoms with van der Waals surface area (Å²) in [6.07, 6.45) is 5.63. The Labute approximate surface area is 168 Å². The second kappa shape index (κ2) is 7.86. The van der Waals surface area contributed by atoms with Crippen LogP contribution in [0.3, 0.4) is 0 Å². The molecule has 29 heavy (non-hydrogen) atoms. The fourth-order valence-corrected chi connectivity index (χ4v) is 3.54. The van der Waals surface area contributed by atoms with E-state index in [1.54, 1.807) is 6.92 Å². The highest BCUT2D eigenvalue weighted by atomic mass is 16.1. The van der Waals surface area contributed by atoms with Crippen LogP contribution >= 0.6 is 0 Å². The zero-order chi connectivity index (χ0) is 20.4. The normalized spacial score (nSPS) is 13.9. The van der Waals surface area contributed by atoms with Gasteiger partial charge in [0.1, 0.15) is 11.8 Å². The lowest BCUT2D eigenvalue weighted by Crippen LogP contribution is -2.22. The molecule has 1 aliphatic heterocycles. The number of nitrogens with one attached hydrogen (secondary N) is 3. The predicted molar refractivity (Wildman–Crippen MR) is 113 cm³/mol. The average molecular weight is 386 g/mol. The fraction of sp³-hybridized carbons (Fsp3) is 0.273. The lowest BCUT2D eigenvalue weighted by Gasteiger charge is -2.14. The fourth-order valence-electron chi connectivity index (χ4n) is 3.54. The minimum absolute atomic E-state index is 0.295. The Morgan fingerprint density at radius 3 is 2.79 bits per heavy atom. The summed E-state index contributed by atoms with van der Waals surface area (Å²) in [6.45, 7) is 5.61. The number of aromatic amines is 1. The molecule has 1 amide bonds. The predicted octanol–water partition coefficient (Wildman–Crippen LogP) is 3.47. The van der Waals surface area contributed by atoms with Crippen LogP contribution in [0.15, 0.2) is 30.0 Å². The molecule has 1 aromatic carbocycles. The maximum absolute atomic E-state index is 12.8. The van der Waals surface area contributed by atoms with Gasteiger partial charge in [-0.2, -0.15) is 10.4 Å². The third-order valence-corrected chi connectivity index (χ3v) is 5.42. The number of nitrogens with zero attached hydrogens (tertiary/aromatic N) is 3. The highest BCUT2D eigenvalue weighted by Crippen LogP contribution is 2.25. The first-order valence-electron chi connectivity index (χ1n) is 9.63. The minimum Gasteiger partial charge on any atom is -0.321 e. The molecule has 1 aliphatic rings. The molecule has 2 aromatic heterocycles. The summed E-state index contributed by atoms with van der Waals surface area (Å²) in [5.74, 6) is -0.295. The van der Waals surface area contributed by atoms with Crippen molar-refractivity contribution in [3.63, 3.8) is 0 Å². The van der Waals surface area contributed by atoms with Gasteiger partial charge in [0, 0.05) is 17.3 Å². The van der Waals surface area contributed by atoms with Crippen molar-refractivity contribution >= 4 is 28.6 Å². The van der Waals surface area contributed by atoms with Gasteiger partial charge in [-0.1, -0.05) is 5.57 Å². The number of amides is 1. The van der Waals surface area contributed by atoms with E-state index in [0.29, 0.717) is 22.5 Å². The number of piperidine rings is 1. The van der Waals surface area contributed by atoms with Crippen molar-refractivity contribution in [1.29, 1.82) is 5.26 Å². The standard InChI is InChI=1S/C22H22N6O/c1-13-14(2)21(25-12-16(13)11-23)22(29)26-17-3-4-19-18(10-17)20(28-27-19)9-15-5-7-24-8-6-15/h3-4,9-10,12,24H,5-8H2,1-2H3,(H,26,29)(H,27,28). The zero-order valence-corrected chi connectivity index (χ0v) is 16.5. The Morgan fingerprint density at radius 2 is 2.03 bits per heavy atom. The number of hydrogen-bond donors (Lipinski definition) is 3. The van der Waals surface area contributed by atoms with E-state index in [2.05, 4.69) is 38.0 Å². The van der Waals surface area contributed by atoms with Gasteiger partial charge in [0.2, 0.25) is 0 Å². The molecule has 0 atom stereocenters. The Hall–Kier alpha value is -3.50. The van der Waals surface area contributed by atoms with Crippen molar-refractivity contribution in [2.45, 2.75) is 26.7 Å². The van der Waals surface area contributed by atoms with Crippen molar-refractivity contribution in [2.24, 2.45) is 0 Å². The molecular weight excluding hydrogens is 364 g/mol. The van der Waals surface area contributed by atoms with Crippen LogP contribution in [0.25, 0.3) is 17.0 Å². The number of hydrogen-bond acceptors (Lipinski definition) is 5. The minimum atomic E-state index is -0.295. The second-order valence-corrected chi connectivity index (χ2v) is 7.26. The first-order chi connectivity index (χ1) is 14.1. The molecule has 0 radical (unpaired) electrons.